The smallest absolute Gasteiger partial charge is 0.349 e. The average Bonchev–Trinajstić information content (AvgIpc) is 3.62. The van der Waals surface area contributed by atoms with Gasteiger partial charge in [-0.2, -0.15) is 0 Å². The summed E-state index contributed by atoms with van der Waals surface area (Å²) in [5.41, 5.74) is 2.53. The molecule has 0 bridgehead atoms. The minimum Gasteiger partial charge on any atom is -0.493 e. The number of nitrogens with one attached hydrogen (secondary N) is 1. The third kappa shape index (κ3) is 4.86. The van der Waals surface area contributed by atoms with Crippen LogP contribution < -0.4 is 15.7 Å². The van der Waals surface area contributed by atoms with E-state index in [2.05, 4.69) is 24.2 Å². The average molecular weight is 435 g/mol. The number of benzene rings is 2. The predicted molar refractivity (Wildman–Crippen MR) is 127 cm³/mol. The van der Waals surface area contributed by atoms with Crippen molar-refractivity contribution in [2.75, 3.05) is 19.0 Å². The summed E-state index contributed by atoms with van der Waals surface area (Å²) in [5.74, 6) is 0.240. The second-order valence-electron chi connectivity index (χ2n) is 8.39. The lowest BCUT2D eigenvalue weighted by Gasteiger charge is -2.15. The summed E-state index contributed by atoms with van der Waals surface area (Å²) >= 11 is 0. The Morgan fingerprint density at radius 2 is 1.91 bits per heavy atom. The molecule has 1 aliphatic rings. The first-order valence-electron chi connectivity index (χ1n) is 11.3. The van der Waals surface area contributed by atoms with Gasteiger partial charge in [-0.25, -0.2) is 4.79 Å². The fourth-order valence-corrected chi connectivity index (χ4v) is 3.98. The van der Waals surface area contributed by atoms with Gasteiger partial charge < -0.3 is 14.5 Å². The second kappa shape index (κ2) is 9.57. The maximum absolute atomic E-state index is 12.8. The lowest BCUT2D eigenvalue weighted by molar-refractivity contribution is 0.102. The van der Waals surface area contributed by atoms with E-state index in [9.17, 15) is 9.59 Å². The van der Waals surface area contributed by atoms with Gasteiger partial charge in [-0.1, -0.05) is 25.5 Å². The Labute approximate surface area is 188 Å². The quantitative estimate of drug-likeness (QED) is 0.480. The van der Waals surface area contributed by atoms with Gasteiger partial charge in [0.1, 0.15) is 16.9 Å². The normalized spacial score (nSPS) is 13.5. The second-order valence-corrected chi connectivity index (χ2v) is 8.39. The number of fused-ring (bicyclic) bond motifs is 1. The van der Waals surface area contributed by atoms with Crippen LogP contribution in [0.2, 0.25) is 0 Å². The van der Waals surface area contributed by atoms with E-state index in [1.54, 1.807) is 6.07 Å². The van der Waals surface area contributed by atoms with Crippen LogP contribution in [0, 0.1) is 0 Å². The summed E-state index contributed by atoms with van der Waals surface area (Å²) in [6, 6.07) is 13.7. The van der Waals surface area contributed by atoms with Crippen LogP contribution in [0.4, 0.5) is 5.69 Å². The maximum Gasteiger partial charge on any atom is 0.349 e. The molecule has 1 saturated carbocycles. The zero-order valence-electron chi connectivity index (χ0n) is 18.9. The molecule has 0 saturated heterocycles. The number of carbonyl (C=O) groups is 1. The molecule has 6 heteroatoms. The highest BCUT2D eigenvalue weighted by molar-refractivity contribution is 6.05. The van der Waals surface area contributed by atoms with E-state index < -0.39 is 11.5 Å². The molecular formula is C26H30N2O4. The van der Waals surface area contributed by atoms with Crippen LogP contribution in [0.1, 0.15) is 54.6 Å². The molecule has 3 aromatic rings. The molecule has 1 heterocycles. The number of hydrogen-bond acceptors (Lipinski definition) is 5. The fourth-order valence-electron chi connectivity index (χ4n) is 3.98. The van der Waals surface area contributed by atoms with E-state index in [1.165, 1.54) is 18.4 Å². The molecule has 1 amide bonds. The van der Waals surface area contributed by atoms with Gasteiger partial charge in [0, 0.05) is 29.2 Å². The summed E-state index contributed by atoms with van der Waals surface area (Å²) in [6.07, 6.45) is 4.15. The van der Waals surface area contributed by atoms with Gasteiger partial charge in [0.05, 0.1) is 6.61 Å². The van der Waals surface area contributed by atoms with E-state index in [0.29, 0.717) is 29.3 Å². The number of ether oxygens (including phenoxy) is 1. The third-order valence-electron chi connectivity index (χ3n) is 5.82. The van der Waals surface area contributed by atoms with Crippen LogP contribution >= 0.6 is 0 Å². The molecule has 2 aromatic carbocycles. The van der Waals surface area contributed by atoms with Crippen LogP contribution in [-0.2, 0) is 13.0 Å². The molecule has 0 aliphatic heterocycles. The third-order valence-corrected chi connectivity index (χ3v) is 5.82. The Hall–Kier alpha value is -3.12. The van der Waals surface area contributed by atoms with E-state index >= 15 is 0 Å². The van der Waals surface area contributed by atoms with Crippen molar-refractivity contribution in [1.29, 1.82) is 0 Å². The first-order valence-corrected chi connectivity index (χ1v) is 11.3. The lowest BCUT2D eigenvalue weighted by atomic mass is 10.0. The van der Waals surface area contributed by atoms with E-state index in [1.807, 2.05) is 43.3 Å². The summed E-state index contributed by atoms with van der Waals surface area (Å²) in [6.45, 7) is 5.39. The summed E-state index contributed by atoms with van der Waals surface area (Å²) in [5, 5.41) is 3.52. The first kappa shape index (κ1) is 22.1. The van der Waals surface area contributed by atoms with Gasteiger partial charge in [0.2, 0.25) is 0 Å². The largest absolute Gasteiger partial charge is 0.493 e. The Balaban J connectivity index is 1.54. The fraction of sp³-hybridized carbons (Fsp3) is 0.385. The van der Waals surface area contributed by atoms with E-state index in [0.717, 1.165) is 30.7 Å². The Bertz CT molecular complexity index is 1160. The minimum atomic E-state index is -0.649. The summed E-state index contributed by atoms with van der Waals surface area (Å²) in [7, 11) is 2.13. The maximum atomic E-state index is 12.8. The molecule has 168 valence electrons. The number of carbonyl (C=O) groups excluding carboxylic acids is 1. The number of aryl methyl sites for hydroxylation is 1. The Kier molecular flexibility index (Phi) is 6.61. The molecule has 1 aromatic heterocycles. The van der Waals surface area contributed by atoms with Crippen molar-refractivity contribution in [1.82, 2.24) is 4.90 Å². The van der Waals surface area contributed by atoms with Crippen molar-refractivity contribution in [3.8, 4) is 5.75 Å². The SMILES string of the molecule is CCCc1c(OCC)ccc2cc(C(=O)Nc3ccc(CN(C)C4CC4)cc3)c(=O)oc12. The number of hydrogen-bond donors (Lipinski definition) is 1. The summed E-state index contributed by atoms with van der Waals surface area (Å²) in [4.78, 5) is 27.8. The molecule has 0 atom stereocenters. The highest BCUT2D eigenvalue weighted by Gasteiger charge is 2.25. The number of amides is 1. The van der Waals surface area contributed by atoms with E-state index in [4.69, 9.17) is 9.15 Å². The number of anilines is 1. The van der Waals surface area contributed by atoms with Crippen LogP contribution in [0.15, 0.2) is 51.7 Å². The number of nitrogens with zero attached hydrogens (tertiary/aromatic N) is 1. The molecule has 6 nitrogen and oxygen atoms in total. The van der Waals surface area contributed by atoms with Crippen LogP contribution in [-0.4, -0.2) is 30.5 Å². The number of rotatable bonds is 9. The molecule has 0 spiro atoms. The Morgan fingerprint density at radius 3 is 2.56 bits per heavy atom. The molecule has 1 N–H and O–H groups in total. The monoisotopic (exact) mass is 434 g/mol. The van der Waals surface area contributed by atoms with Gasteiger partial charge >= 0.3 is 5.63 Å². The standard InChI is InChI=1S/C26H30N2O4/c1-4-6-21-23(31-5-2)14-9-18-15-22(26(30)32-24(18)21)25(29)27-19-10-7-17(8-11-19)16-28(3)20-12-13-20/h7-11,14-15,20H,4-6,12-13,16H2,1-3H3,(H,27,29). The Morgan fingerprint density at radius 1 is 1.16 bits per heavy atom. The molecule has 1 aliphatic carbocycles. The van der Waals surface area contributed by atoms with Crippen LogP contribution in [0.5, 0.6) is 5.75 Å². The molecule has 4 rings (SSSR count). The van der Waals surface area contributed by atoms with Crippen molar-refractivity contribution in [2.24, 2.45) is 0 Å². The highest BCUT2D eigenvalue weighted by Crippen LogP contribution is 2.29. The molecular weight excluding hydrogens is 404 g/mol. The van der Waals surface area contributed by atoms with Crippen molar-refractivity contribution in [3.63, 3.8) is 0 Å². The lowest BCUT2D eigenvalue weighted by Crippen LogP contribution is -2.21. The van der Waals surface area contributed by atoms with E-state index in [-0.39, 0.29) is 5.56 Å². The molecule has 0 unspecified atom stereocenters. The molecule has 32 heavy (non-hydrogen) atoms. The van der Waals surface area contributed by atoms with Crippen molar-refractivity contribution in [3.05, 3.63) is 69.6 Å². The highest BCUT2D eigenvalue weighted by atomic mass is 16.5. The van der Waals surface area contributed by atoms with Crippen LogP contribution in [0.3, 0.4) is 0 Å². The molecule has 0 radical (unpaired) electrons. The zero-order chi connectivity index (χ0) is 22.7. The van der Waals surface area contributed by atoms with Crippen molar-refractivity contribution < 1.29 is 13.9 Å². The van der Waals surface area contributed by atoms with Gasteiger partial charge in [-0.15, -0.1) is 0 Å². The van der Waals surface area contributed by atoms with Crippen LogP contribution in [0.25, 0.3) is 11.0 Å². The van der Waals surface area contributed by atoms with Gasteiger partial charge in [0.15, 0.2) is 0 Å². The van der Waals surface area contributed by atoms with Gasteiger partial charge in [0.25, 0.3) is 5.91 Å². The predicted octanol–water partition coefficient (Wildman–Crippen LogP) is 4.99. The van der Waals surface area contributed by atoms with Crippen molar-refractivity contribution >= 4 is 22.6 Å². The molecule has 1 fully saturated rings. The van der Waals surface area contributed by atoms with Gasteiger partial charge in [-0.05, 0) is 69.1 Å². The van der Waals surface area contributed by atoms with Gasteiger partial charge in [-0.3, -0.25) is 9.69 Å². The topological polar surface area (TPSA) is 71.8 Å². The van der Waals surface area contributed by atoms with Crippen molar-refractivity contribution in [2.45, 2.75) is 52.1 Å². The summed E-state index contributed by atoms with van der Waals surface area (Å²) < 4.78 is 11.3. The zero-order valence-corrected chi connectivity index (χ0v) is 18.9. The minimum absolute atomic E-state index is 0.0124. The first-order chi connectivity index (χ1) is 15.5.